The van der Waals surface area contributed by atoms with Crippen molar-refractivity contribution in [2.75, 3.05) is 26.1 Å². The predicted molar refractivity (Wildman–Crippen MR) is 73.6 cm³/mol. The van der Waals surface area contributed by atoms with E-state index in [1.165, 1.54) is 13.2 Å². The van der Waals surface area contributed by atoms with Crippen LogP contribution < -0.4 is 15.4 Å². The van der Waals surface area contributed by atoms with Crippen LogP contribution in [0.4, 0.5) is 10.1 Å². The normalized spacial score (nSPS) is 11.8. The lowest BCUT2D eigenvalue weighted by molar-refractivity contribution is 0.179. The molecule has 1 aromatic carbocycles. The van der Waals surface area contributed by atoms with Gasteiger partial charge in [0.25, 0.3) is 0 Å². The first-order valence-corrected chi connectivity index (χ1v) is 5.87. The van der Waals surface area contributed by atoms with Crippen LogP contribution in [0.1, 0.15) is 6.92 Å². The molecule has 0 aliphatic rings. The van der Waals surface area contributed by atoms with E-state index in [9.17, 15) is 4.39 Å². The van der Waals surface area contributed by atoms with E-state index >= 15 is 0 Å². The zero-order chi connectivity index (χ0) is 13.5. The van der Waals surface area contributed by atoms with Gasteiger partial charge in [0.1, 0.15) is 11.6 Å². The Kier molecular flexibility index (Phi) is 5.80. The van der Waals surface area contributed by atoms with E-state index in [1.807, 2.05) is 6.92 Å². The van der Waals surface area contributed by atoms with Gasteiger partial charge in [-0.3, -0.25) is 0 Å². The standard InChI is InChI=1S/C12H17FN2O2S/c1-8(7-16-2)14-12(18)15-11-6-9(17-3)4-5-10(11)13/h4-6,8H,7H2,1-3H3,(H2,14,15,18). The molecule has 0 saturated heterocycles. The zero-order valence-corrected chi connectivity index (χ0v) is 11.4. The van der Waals surface area contributed by atoms with Crippen molar-refractivity contribution in [1.29, 1.82) is 0 Å². The number of anilines is 1. The fourth-order valence-corrected chi connectivity index (χ4v) is 1.71. The second-order valence-electron chi connectivity index (χ2n) is 3.80. The summed E-state index contributed by atoms with van der Waals surface area (Å²) < 4.78 is 23.5. The lowest BCUT2D eigenvalue weighted by Crippen LogP contribution is -2.38. The number of ether oxygens (including phenoxy) is 2. The quantitative estimate of drug-likeness (QED) is 0.804. The molecule has 0 fully saturated rings. The van der Waals surface area contributed by atoms with Crippen LogP contribution in [0.15, 0.2) is 18.2 Å². The van der Waals surface area contributed by atoms with Crippen molar-refractivity contribution < 1.29 is 13.9 Å². The summed E-state index contributed by atoms with van der Waals surface area (Å²) in [6, 6.07) is 4.46. The molecule has 4 nitrogen and oxygen atoms in total. The van der Waals surface area contributed by atoms with Gasteiger partial charge in [0.05, 0.1) is 19.4 Å². The monoisotopic (exact) mass is 272 g/mol. The molecular formula is C12H17FN2O2S. The molecular weight excluding hydrogens is 255 g/mol. The molecule has 0 saturated carbocycles. The van der Waals surface area contributed by atoms with Crippen LogP contribution in [0.25, 0.3) is 0 Å². The Labute approximate surface area is 111 Å². The first-order chi connectivity index (χ1) is 8.56. The molecule has 0 bridgehead atoms. The van der Waals surface area contributed by atoms with Crippen LogP contribution in [-0.2, 0) is 4.74 Å². The first kappa shape index (κ1) is 14.7. The van der Waals surface area contributed by atoms with Gasteiger partial charge in [0.2, 0.25) is 0 Å². The Morgan fingerprint density at radius 1 is 1.44 bits per heavy atom. The van der Waals surface area contributed by atoms with Gasteiger partial charge >= 0.3 is 0 Å². The van der Waals surface area contributed by atoms with E-state index in [2.05, 4.69) is 10.6 Å². The SMILES string of the molecule is COCC(C)NC(=S)Nc1cc(OC)ccc1F. The summed E-state index contributed by atoms with van der Waals surface area (Å²) in [5, 5.41) is 6.11. The molecule has 2 N–H and O–H groups in total. The van der Waals surface area contributed by atoms with Gasteiger partial charge in [-0.05, 0) is 31.3 Å². The Morgan fingerprint density at radius 3 is 2.78 bits per heavy atom. The molecule has 18 heavy (non-hydrogen) atoms. The van der Waals surface area contributed by atoms with Gasteiger partial charge in [-0.1, -0.05) is 0 Å². The van der Waals surface area contributed by atoms with Crippen molar-refractivity contribution in [1.82, 2.24) is 5.32 Å². The van der Waals surface area contributed by atoms with E-state index in [1.54, 1.807) is 19.2 Å². The fraction of sp³-hybridized carbons (Fsp3) is 0.417. The maximum absolute atomic E-state index is 13.5. The molecule has 1 atom stereocenters. The largest absolute Gasteiger partial charge is 0.497 e. The number of methoxy groups -OCH3 is 2. The summed E-state index contributed by atoms with van der Waals surface area (Å²) >= 11 is 5.08. The van der Waals surface area contributed by atoms with Gasteiger partial charge in [0.15, 0.2) is 5.11 Å². The van der Waals surface area contributed by atoms with Crippen molar-refractivity contribution in [3.63, 3.8) is 0 Å². The van der Waals surface area contributed by atoms with Crippen LogP contribution in [0.2, 0.25) is 0 Å². The predicted octanol–water partition coefficient (Wildman–Crippen LogP) is 2.16. The minimum atomic E-state index is -0.389. The van der Waals surface area contributed by atoms with Crippen LogP contribution in [-0.4, -0.2) is 32.0 Å². The van der Waals surface area contributed by atoms with Crippen LogP contribution in [0.5, 0.6) is 5.75 Å². The number of thiocarbonyl (C=S) groups is 1. The summed E-state index contributed by atoms with van der Waals surface area (Å²) in [4.78, 5) is 0. The Morgan fingerprint density at radius 2 is 2.17 bits per heavy atom. The van der Waals surface area contributed by atoms with Crippen molar-refractivity contribution >= 4 is 23.0 Å². The van der Waals surface area contributed by atoms with Crippen molar-refractivity contribution in [2.24, 2.45) is 0 Å². The Balaban J connectivity index is 2.63. The summed E-state index contributed by atoms with van der Waals surface area (Å²) in [6.07, 6.45) is 0. The molecule has 1 unspecified atom stereocenters. The van der Waals surface area contributed by atoms with Gasteiger partial charge in [-0.15, -0.1) is 0 Å². The highest BCUT2D eigenvalue weighted by molar-refractivity contribution is 7.80. The highest BCUT2D eigenvalue weighted by Crippen LogP contribution is 2.20. The molecule has 1 aromatic rings. The second-order valence-corrected chi connectivity index (χ2v) is 4.21. The van der Waals surface area contributed by atoms with Crippen molar-refractivity contribution in [3.05, 3.63) is 24.0 Å². The molecule has 0 radical (unpaired) electrons. The third-order valence-electron chi connectivity index (χ3n) is 2.22. The third-order valence-corrected chi connectivity index (χ3v) is 2.44. The molecule has 100 valence electrons. The minimum Gasteiger partial charge on any atom is -0.497 e. The second kappa shape index (κ2) is 7.13. The van der Waals surface area contributed by atoms with Crippen LogP contribution >= 0.6 is 12.2 Å². The van der Waals surface area contributed by atoms with Crippen molar-refractivity contribution in [2.45, 2.75) is 13.0 Å². The highest BCUT2D eigenvalue weighted by atomic mass is 32.1. The van der Waals surface area contributed by atoms with E-state index in [0.717, 1.165) is 0 Å². The van der Waals surface area contributed by atoms with Crippen LogP contribution in [0.3, 0.4) is 0 Å². The maximum Gasteiger partial charge on any atom is 0.171 e. The average Bonchev–Trinajstić information content (AvgIpc) is 2.32. The molecule has 1 rings (SSSR count). The number of nitrogens with one attached hydrogen (secondary N) is 2. The molecule has 0 amide bonds. The van der Waals surface area contributed by atoms with Gasteiger partial charge in [0, 0.05) is 19.2 Å². The third kappa shape index (κ3) is 4.46. The van der Waals surface area contributed by atoms with Gasteiger partial charge < -0.3 is 20.1 Å². The molecule has 0 aliphatic heterocycles. The average molecular weight is 272 g/mol. The lowest BCUT2D eigenvalue weighted by atomic mass is 10.3. The molecule has 0 aromatic heterocycles. The first-order valence-electron chi connectivity index (χ1n) is 5.46. The van der Waals surface area contributed by atoms with Gasteiger partial charge in [-0.25, -0.2) is 4.39 Å². The maximum atomic E-state index is 13.5. The summed E-state index contributed by atoms with van der Waals surface area (Å²) in [7, 11) is 3.13. The number of hydrogen-bond donors (Lipinski definition) is 2. The van der Waals surface area contributed by atoms with Crippen molar-refractivity contribution in [3.8, 4) is 5.75 Å². The lowest BCUT2D eigenvalue weighted by Gasteiger charge is -2.16. The highest BCUT2D eigenvalue weighted by Gasteiger charge is 2.08. The number of rotatable bonds is 5. The number of halogens is 1. The number of benzene rings is 1. The van der Waals surface area contributed by atoms with Gasteiger partial charge in [-0.2, -0.15) is 0 Å². The van der Waals surface area contributed by atoms with E-state index < -0.39 is 0 Å². The summed E-state index contributed by atoms with van der Waals surface area (Å²) in [5.41, 5.74) is 0.275. The topological polar surface area (TPSA) is 42.5 Å². The number of hydrogen-bond acceptors (Lipinski definition) is 3. The Hall–Kier alpha value is -1.40. The Bertz CT molecular complexity index is 415. The molecule has 0 spiro atoms. The molecule has 6 heteroatoms. The molecule has 0 aliphatic carbocycles. The fourth-order valence-electron chi connectivity index (χ4n) is 1.40. The van der Waals surface area contributed by atoms with E-state index in [-0.39, 0.29) is 17.5 Å². The summed E-state index contributed by atoms with van der Waals surface area (Å²) in [5.74, 6) is 0.172. The van der Waals surface area contributed by atoms with E-state index in [4.69, 9.17) is 21.7 Å². The summed E-state index contributed by atoms with van der Waals surface area (Å²) in [6.45, 7) is 2.43. The zero-order valence-electron chi connectivity index (χ0n) is 10.6. The van der Waals surface area contributed by atoms with E-state index in [0.29, 0.717) is 17.5 Å². The smallest absolute Gasteiger partial charge is 0.171 e. The molecule has 0 heterocycles. The minimum absolute atomic E-state index is 0.0451. The van der Waals surface area contributed by atoms with Crippen LogP contribution in [0, 0.1) is 5.82 Å².